The number of nitrogens with one attached hydrogen (secondary N) is 1. The summed E-state index contributed by atoms with van der Waals surface area (Å²) in [6.45, 7) is 1.02. The Bertz CT molecular complexity index is 765. The van der Waals surface area contributed by atoms with E-state index >= 15 is 0 Å². The molecule has 1 aliphatic heterocycles. The van der Waals surface area contributed by atoms with Crippen molar-refractivity contribution in [2.24, 2.45) is 5.92 Å². The number of carbonyl (C=O) groups excluding carboxylic acids is 1. The monoisotopic (exact) mass is 366 g/mol. The van der Waals surface area contributed by atoms with Crippen LogP contribution in [0.1, 0.15) is 42.5 Å². The number of aliphatic carboxylic acids is 1. The fourth-order valence-corrected chi connectivity index (χ4v) is 4.82. The first-order chi connectivity index (χ1) is 11.9. The van der Waals surface area contributed by atoms with Crippen LogP contribution in [0, 0.1) is 5.92 Å². The fraction of sp³-hybridized carbons (Fsp3) is 0.529. The first-order valence-electron chi connectivity index (χ1n) is 8.52. The number of sulfonamides is 1. The number of hydrogen-bond acceptors (Lipinski definition) is 4. The Morgan fingerprint density at radius 1 is 1.12 bits per heavy atom. The number of piperidine rings is 1. The topological polar surface area (TPSA) is 104 Å². The predicted molar refractivity (Wildman–Crippen MR) is 90.7 cm³/mol. The van der Waals surface area contributed by atoms with Crippen molar-refractivity contribution in [1.82, 2.24) is 9.62 Å². The molecule has 0 unspecified atom stereocenters. The molecule has 0 atom stereocenters. The van der Waals surface area contributed by atoms with Gasteiger partial charge in [0.15, 0.2) is 0 Å². The smallest absolute Gasteiger partial charge is 0.306 e. The van der Waals surface area contributed by atoms with Gasteiger partial charge >= 0.3 is 5.97 Å². The van der Waals surface area contributed by atoms with Crippen molar-refractivity contribution in [3.8, 4) is 0 Å². The first-order valence-corrected chi connectivity index (χ1v) is 9.96. The Morgan fingerprint density at radius 3 is 2.44 bits per heavy atom. The molecule has 7 nitrogen and oxygen atoms in total. The second kappa shape index (κ2) is 7.13. The van der Waals surface area contributed by atoms with Gasteiger partial charge in [0.1, 0.15) is 0 Å². The molecule has 0 radical (unpaired) electrons. The molecule has 1 aromatic rings. The van der Waals surface area contributed by atoms with E-state index in [4.69, 9.17) is 5.11 Å². The quantitative estimate of drug-likeness (QED) is 0.821. The largest absolute Gasteiger partial charge is 0.481 e. The van der Waals surface area contributed by atoms with Crippen LogP contribution in [0.4, 0.5) is 0 Å². The third-order valence-electron chi connectivity index (χ3n) is 4.87. The highest BCUT2D eigenvalue weighted by atomic mass is 32.2. The van der Waals surface area contributed by atoms with E-state index in [1.807, 2.05) is 0 Å². The maximum atomic E-state index is 12.7. The standard InChI is InChI=1S/C17H22N2O5S/c20-16(18-14-9-13(10-14)17(21)22)12-5-4-6-15(11-12)25(23,24)19-7-2-1-3-8-19/h4-6,11,13-14H,1-3,7-10H2,(H,18,20)(H,21,22). The minimum Gasteiger partial charge on any atom is -0.481 e. The third-order valence-corrected chi connectivity index (χ3v) is 6.77. The molecule has 1 heterocycles. The van der Waals surface area contributed by atoms with Crippen molar-refractivity contribution in [2.75, 3.05) is 13.1 Å². The molecule has 1 saturated carbocycles. The summed E-state index contributed by atoms with van der Waals surface area (Å²) in [4.78, 5) is 23.2. The molecule has 136 valence electrons. The lowest BCUT2D eigenvalue weighted by atomic mass is 9.80. The summed E-state index contributed by atoms with van der Waals surface area (Å²) < 4.78 is 26.9. The van der Waals surface area contributed by atoms with Gasteiger partial charge in [-0.2, -0.15) is 4.31 Å². The first kappa shape index (κ1) is 17.9. The number of benzene rings is 1. The number of amides is 1. The SMILES string of the molecule is O=C(NC1CC(C(=O)O)C1)c1cccc(S(=O)(=O)N2CCCCC2)c1. The van der Waals surface area contributed by atoms with Crippen molar-refractivity contribution in [3.63, 3.8) is 0 Å². The lowest BCUT2D eigenvalue weighted by molar-refractivity contribution is -0.145. The zero-order chi connectivity index (χ0) is 18.0. The number of carboxylic acids is 1. The van der Waals surface area contributed by atoms with E-state index in [1.54, 1.807) is 12.1 Å². The number of carbonyl (C=O) groups is 2. The molecule has 1 aromatic carbocycles. The molecule has 1 saturated heterocycles. The molecule has 2 fully saturated rings. The van der Waals surface area contributed by atoms with Gasteiger partial charge in [-0.25, -0.2) is 8.42 Å². The molecule has 1 aliphatic carbocycles. The second-order valence-corrected chi connectivity index (χ2v) is 8.61. The summed E-state index contributed by atoms with van der Waals surface area (Å²) in [5.74, 6) is -1.62. The highest BCUT2D eigenvalue weighted by molar-refractivity contribution is 7.89. The molecule has 2 N–H and O–H groups in total. The van der Waals surface area contributed by atoms with Crippen LogP contribution in [0.15, 0.2) is 29.2 Å². The van der Waals surface area contributed by atoms with Gasteiger partial charge in [-0.15, -0.1) is 0 Å². The van der Waals surface area contributed by atoms with Gasteiger partial charge in [-0.1, -0.05) is 12.5 Å². The van der Waals surface area contributed by atoms with Crippen LogP contribution < -0.4 is 5.32 Å². The van der Waals surface area contributed by atoms with E-state index in [-0.39, 0.29) is 22.4 Å². The van der Waals surface area contributed by atoms with E-state index in [1.165, 1.54) is 16.4 Å². The van der Waals surface area contributed by atoms with Crippen LogP contribution in [0.25, 0.3) is 0 Å². The van der Waals surface area contributed by atoms with Crippen LogP contribution in [-0.2, 0) is 14.8 Å². The molecule has 8 heteroatoms. The van der Waals surface area contributed by atoms with Gasteiger partial charge < -0.3 is 10.4 Å². The van der Waals surface area contributed by atoms with Crippen LogP contribution in [0.2, 0.25) is 0 Å². The van der Waals surface area contributed by atoms with Crippen molar-refractivity contribution < 1.29 is 23.1 Å². The molecule has 0 bridgehead atoms. The van der Waals surface area contributed by atoms with Gasteiger partial charge in [0.2, 0.25) is 10.0 Å². The molecule has 0 aromatic heterocycles. The number of hydrogen-bond donors (Lipinski definition) is 2. The maximum absolute atomic E-state index is 12.7. The molecule has 3 rings (SSSR count). The summed E-state index contributed by atoms with van der Waals surface area (Å²) in [6, 6.07) is 5.86. The molecular weight excluding hydrogens is 344 g/mol. The minimum absolute atomic E-state index is 0.124. The third kappa shape index (κ3) is 3.85. The summed E-state index contributed by atoms with van der Waals surface area (Å²) in [6.07, 6.45) is 3.56. The van der Waals surface area contributed by atoms with Crippen LogP contribution >= 0.6 is 0 Å². The number of nitrogens with zero attached hydrogens (tertiary/aromatic N) is 1. The summed E-state index contributed by atoms with van der Waals surface area (Å²) in [7, 11) is -3.58. The Hall–Kier alpha value is -1.93. The summed E-state index contributed by atoms with van der Waals surface area (Å²) >= 11 is 0. The lowest BCUT2D eigenvalue weighted by Gasteiger charge is -2.32. The van der Waals surface area contributed by atoms with E-state index in [0.29, 0.717) is 25.9 Å². The van der Waals surface area contributed by atoms with Gasteiger partial charge in [-0.3, -0.25) is 9.59 Å². The Balaban J connectivity index is 1.69. The Kier molecular flexibility index (Phi) is 5.10. The van der Waals surface area contributed by atoms with Crippen molar-refractivity contribution in [2.45, 2.75) is 43.0 Å². The van der Waals surface area contributed by atoms with Crippen LogP contribution in [0.5, 0.6) is 0 Å². The van der Waals surface area contributed by atoms with E-state index in [9.17, 15) is 18.0 Å². The molecular formula is C17H22N2O5S. The van der Waals surface area contributed by atoms with Gasteiger partial charge in [-0.05, 0) is 43.9 Å². The van der Waals surface area contributed by atoms with Gasteiger partial charge in [0.25, 0.3) is 5.91 Å². The minimum atomic E-state index is -3.58. The fourth-order valence-electron chi connectivity index (χ4n) is 3.26. The average molecular weight is 366 g/mol. The van der Waals surface area contributed by atoms with Gasteiger partial charge in [0.05, 0.1) is 10.8 Å². The Morgan fingerprint density at radius 2 is 1.80 bits per heavy atom. The lowest BCUT2D eigenvalue weighted by Crippen LogP contribution is -2.46. The summed E-state index contributed by atoms with van der Waals surface area (Å²) in [5.41, 5.74) is 0.275. The molecule has 1 amide bonds. The van der Waals surface area contributed by atoms with E-state index in [2.05, 4.69) is 5.32 Å². The van der Waals surface area contributed by atoms with Crippen molar-refractivity contribution in [3.05, 3.63) is 29.8 Å². The van der Waals surface area contributed by atoms with Crippen molar-refractivity contribution in [1.29, 1.82) is 0 Å². The zero-order valence-corrected chi connectivity index (χ0v) is 14.7. The number of rotatable bonds is 5. The Labute approximate surface area is 147 Å². The molecule has 0 spiro atoms. The van der Waals surface area contributed by atoms with Crippen LogP contribution in [0.3, 0.4) is 0 Å². The normalized spacial score (nSPS) is 24.3. The predicted octanol–water partition coefficient (Wildman–Crippen LogP) is 1.45. The number of carboxylic acid groups (broad SMARTS) is 1. The van der Waals surface area contributed by atoms with E-state index in [0.717, 1.165) is 19.3 Å². The van der Waals surface area contributed by atoms with Crippen molar-refractivity contribution >= 4 is 21.9 Å². The highest BCUT2D eigenvalue weighted by Gasteiger charge is 2.35. The van der Waals surface area contributed by atoms with E-state index < -0.39 is 21.9 Å². The summed E-state index contributed by atoms with van der Waals surface area (Å²) in [5, 5.41) is 11.6. The average Bonchev–Trinajstić information content (AvgIpc) is 2.58. The van der Waals surface area contributed by atoms with Crippen LogP contribution in [-0.4, -0.2) is 48.8 Å². The highest BCUT2D eigenvalue weighted by Crippen LogP contribution is 2.28. The second-order valence-electron chi connectivity index (χ2n) is 6.67. The van der Waals surface area contributed by atoms with Gasteiger partial charge in [0, 0.05) is 24.7 Å². The molecule has 2 aliphatic rings. The molecule has 25 heavy (non-hydrogen) atoms. The zero-order valence-electron chi connectivity index (χ0n) is 13.8. The maximum Gasteiger partial charge on any atom is 0.306 e.